The molecule has 0 radical (unpaired) electrons. The molecule has 1 aliphatic rings. The first-order valence-electron chi connectivity index (χ1n) is 8.52. The predicted octanol–water partition coefficient (Wildman–Crippen LogP) is 2.36. The fourth-order valence-corrected chi connectivity index (χ4v) is 2.76. The van der Waals surface area contributed by atoms with Crippen molar-refractivity contribution in [2.24, 2.45) is 5.92 Å². The third-order valence-electron chi connectivity index (χ3n) is 4.21. The summed E-state index contributed by atoms with van der Waals surface area (Å²) in [6.07, 6.45) is 4.86. The molecule has 0 aliphatic carbocycles. The largest absolute Gasteiger partial charge is 0.497 e. The van der Waals surface area contributed by atoms with Gasteiger partial charge in [-0.15, -0.1) is 0 Å². The van der Waals surface area contributed by atoms with Gasteiger partial charge in [-0.1, -0.05) is 0 Å². The van der Waals surface area contributed by atoms with Crippen LogP contribution in [-0.4, -0.2) is 39.3 Å². The lowest BCUT2D eigenvalue weighted by atomic mass is 9.93. The summed E-state index contributed by atoms with van der Waals surface area (Å²) in [5.41, 5.74) is 0. The van der Waals surface area contributed by atoms with Gasteiger partial charge in [0.25, 0.3) is 0 Å². The minimum absolute atomic E-state index is 0.160. The first kappa shape index (κ1) is 17.6. The molecule has 1 saturated heterocycles. The Balaban J connectivity index is 1.49. The highest BCUT2D eigenvalue weighted by atomic mass is 16.5. The highest BCUT2D eigenvalue weighted by Crippen LogP contribution is 2.18. The number of benzene rings is 1. The van der Waals surface area contributed by atoms with Crippen LogP contribution in [0.25, 0.3) is 0 Å². The molecule has 2 N–H and O–H groups in total. The first-order chi connectivity index (χ1) is 11.3. The maximum atomic E-state index is 11.8. The summed E-state index contributed by atoms with van der Waals surface area (Å²) in [7, 11) is 1.64. The number of ether oxygens (including phenoxy) is 2. The first-order valence-corrected chi connectivity index (χ1v) is 8.52. The van der Waals surface area contributed by atoms with Crippen LogP contribution in [-0.2, 0) is 4.79 Å². The Bertz CT molecular complexity index is 456. The minimum atomic E-state index is 0.160. The van der Waals surface area contributed by atoms with Crippen molar-refractivity contribution in [1.82, 2.24) is 10.6 Å². The molecule has 1 aromatic carbocycles. The van der Waals surface area contributed by atoms with E-state index in [9.17, 15) is 4.79 Å². The Hall–Kier alpha value is -1.75. The van der Waals surface area contributed by atoms with Crippen LogP contribution in [0.5, 0.6) is 11.5 Å². The standard InChI is InChI=1S/C18H28N2O3/c1-22-16-4-6-17(7-5-16)23-14-2-11-20-18(21)8-3-15-9-12-19-13-10-15/h4-7,15,19H,2-3,8-14H2,1H3,(H,20,21). The number of hydrogen-bond acceptors (Lipinski definition) is 4. The van der Waals surface area contributed by atoms with Crippen molar-refractivity contribution in [1.29, 1.82) is 0 Å². The lowest BCUT2D eigenvalue weighted by molar-refractivity contribution is -0.121. The quantitative estimate of drug-likeness (QED) is 0.686. The SMILES string of the molecule is COc1ccc(OCCCNC(=O)CCC2CCNCC2)cc1. The van der Waals surface area contributed by atoms with Gasteiger partial charge in [0.15, 0.2) is 0 Å². The molecule has 0 saturated carbocycles. The van der Waals surface area contributed by atoms with Gasteiger partial charge in [0.1, 0.15) is 11.5 Å². The molecule has 5 nitrogen and oxygen atoms in total. The van der Waals surface area contributed by atoms with Crippen molar-refractivity contribution < 1.29 is 14.3 Å². The Labute approximate surface area is 138 Å². The monoisotopic (exact) mass is 320 g/mol. The summed E-state index contributed by atoms with van der Waals surface area (Å²) >= 11 is 0. The summed E-state index contributed by atoms with van der Waals surface area (Å²) < 4.78 is 10.7. The second-order valence-electron chi connectivity index (χ2n) is 5.96. The molecule has 0 bridgehead atoms. The van der Waals surface area contributed by atoms with E-state index < -0.39 is 0 Å². The molecule has 1 aliphatic heterocycles. The molecular weight excluding hydrogens is 292 g/mol. The molecular formula is C18H28N2O3. The summed E-state index contributed by atoms with van der Waals surface area (Å²) in [5.74, 6) is 2.51. The van der Waals surface area contributed by atoms with Crippen LogP contribution in [0.15, 0.2) is 24.3 Å². The van der Waals surface area contributed by atoms with Gasteiger partial charge in [-0.3, -0.25) is 4.79 Å². The zero-order chi connectivity index (χ0) is 16.3. The average molecular weight is 320 g/mol. The van der Waals surface area contributed by atoms with Crippen molar-refractivity contribution in [3.05, 3.63) is 24.3 Å². The molecule has 1 fully saturated rings. The smallest absolute Gasteiger partial charge is 0.220 e. The van der Waals surface area contributed by atoms with Crippen LogP contribution in [0.4, 0.5) is 0 Å². The van der Waals surface area contributed by atoms with Gasteiger partial charge in [-0.2, -0.15) is 0 Å². The molecule has 1 amide bonds. The number of piperidine rings is 1. The molecule has 0 aromatic heterocycles. The predicted molar refractivity (Wildman–Crippen MR) is 90.9 cm³/mol. The molecule has 1 aromatic rings. The van der Waals surface area contributed by atoms with Crippen molar-refractivity contribution >= 4 is 5.91 Å². The summed E-state index contributed by atoms with van der Waals surface area (Å²) in [5, 5.41) is 6.32. The van der Waals surface area contributed by atoms with Crippen molar-refractivity contribution in [2.45, 2.75) is 32.1 Å². The molecule has 0 spiro atoms. The second-order valence-corrected chi connectivity index (χ2v) is 5.96. The Morgan fingerprint density at radius 2 is 1.91 bits per heavy atom. The van der Waals surface area contributed by atoms with E-state index >= 15 is 0 Å². The highest BCUT2D eigenvalue weighted by molar-refractivity contribution is 5.75. The number of amides is 1. The summed E-state index contributed by atoms with van der Waals surface area (Å²) in [4.78, 5) is 11.8. The van der Waals surface area contributed by atoms with Crippen molar-refractivity contribution in [2.75, 3.05) is 33.4 Å². The second kappa shape index (κ2) is 10.1. The number of carbonyl (C=O) groups is 1. The normalized spacial score (nSPS) is 15.2. The van der Waals surface area contributed by atoms with E-state index in [0.29, 0.717) is 25.5 Å². The molecule has 128 valence electrons. The fraction of sp³-hybridized carbons (Fsp3) is 0.611. The van der Waals surface area contributed by atoms with Crippen LogP contribution < -0.4 is 20.1 Å². The van der Waals surface area contributed by atoms with E-state index in [4.69, 9.17) is 9.47 Å². The van der Waals surface area contributed by atoms with Gasteiger partial charge in [0.2, 0.25) is 5.91 Å². The number of hydrogen-bond donors (Lipinski definition) is 2. The lowest BCUT2D eigenvalue weighted by Gasteiger charge is -2.22. The molecule has 0 atom stereocenters. The summed E-state index contributed by atoms with van der Waals surface area (Å²) in [6.45, 7) is 3.45. The Kier molecular flexibility index (Phi) is 7.73. The Morgan fingerprint density at radius 1 is 1.22 bits per heavy atom. The number of methoxy groups -OCH3 is 1. The molecule has 23 heavy (non-hydrogen) atoms. The highest BCUT2D eigenvalue weighted by Gasteiger charge is 2.14. The van der Waals surface area contributed by atoms with Gasteiger partial charge in [0.05, 0.1) is 13.7 Å². The number of nitrogens with one attached hydrogen (secondary N) is 2. The van der Waals surface area contributed by atoms with E-state index in [1.807, 2.05) is 24.3 Å². The van der Waals surface area contributed by atoms with E-state index in [1.165, 1.54) is 12.8 Å². The van der Waals surface area contributed by atoms with Crippen molar-refractivity contribution in [3.63, 3.8) is 0 Å². The van der Waals surface area contributed by atoms with E-state index in [0.717, 1.165) is 37.4 Å². The van der Waals surface area contributed by atoms with Crippen LogP contribution in [0, 0.1) is 5.92 Å². The Morgan fingerprint density at radius 3 is 2.61 bits per heavy atom. The van der Waals surface area contributed by atoms with Gasteiger partial charge in [-0.25, -0.2) is 0 Å². The maximum Gasteiger partial charge on any atom is 0.220 e. The van der Waals surface area contributed by atoms with E-state index in [1.54, 1.807) is 7.11 Å². The van der Waals surface area contributed by atoms with Crippen molar-refractivity contribution in [3.8, 4) is 11.5 Å². The van der Waals surface area contributed by atoms with E-state index in [-0.39, 0.29) is 5.91 Å². The van der Waals surface area contributed by atoms with Crippen LogP contribution in [0.1, 0.15) is 32.1 Å². The summed E-state index contributed by atoms with van der Waals surface area (Å²) in [6, 6.07) is 7.52. The molecule has 2 rings (SSSR count). The van der Waals surface area contributed by atoms with Crippen LogP contribution in [0.3, 0.4) is 0 Å². The molecule has 1 heterocycles. The molecule has 0 unspecified atom stereocenters. The van der Waals surface area contributed by atoms with E-state index in [2.05, 4.69) is 10.6 Å². The fourth-order valence-electron chi connectivity index (χ4n) is 2.76. The third kappa shape index (κ3) is 6.91. The lowest BCUT2D eigenvalue weighted by Crippen LogP contribution is -2.30. The third-order valence-corrected chi connectivity index (χ3v) is 4.21. The van der Waals surface area contributed by atoms with Crippen LogP contribution in [0.2, 0.25) is 0 Å². The number of carbonyl (C=O) groups excluding carboxylic acids is 1. The van der Waals surface area contributed by atoms with Gasteiger partial charge in [-0.05, 0) is 69.0 Å². The zero-order valence-electron chi connectivity index (χ0n) is 14.0. The molecule has 5 heteroatoms. The topological polar surface area (TPSA) is 59.6 Å². The number of rotatable bonds is 9. The van der Waals surface area contributed by atoms with Gasteiger partial charge >= 0.3 is 0 Å². The zero-order valence-corrected chi connectivity index (χ0v) is 14.0. The maximum absolute atomic E-state index is 11.8. The van der Waals surface area contributed by atoms with Gasteiger partial charge in [0, 0.05) is 13.0 Å². The minimum Gasteiger partial charge on any atom is -0.497 e. The average Bonchev–Trinajstić information content (AvgIpc) is 2.61. The van der Waals surface area contributed by atoms with Crippen LogP contribution >= 0.6 is 0 Å². The van der Waals surface area contributed by atoms with Gasteiger partial charge < -0.3 is 20.1 Å².